The summed E-state index contributed by atoms with van der Waals surface area (Å²) in [5.74, 6) is -0.920. The Hall–Kier alpha value is -1.40. The van der Waals surface area contributed by atoms with Crippen molar-refractivity contribution in [2.45, 2.75) is 18.5 Å². The third-order valence-electron chi connectivity index (χ3n) is 2.96. The lowest BCUT2D eigenvalue weighted by molar-refractivity contribution is -0.142. The predicted octanol–water partition coefficient (Wildman–Crippen LogP) is -0.592. The zero-order valence-corrected chi connectivity index (χ0v) is 9.26. The molecule has 6 heteroatoms. The van der Waals surface area contributed by atoms with Gasteiger partial charge >= 0.3 is 5.97 Å². The first-order chi connectivity index (χ1) is 7.49. The zero-order chi connectivity index (χ0) is 11.8. The van der Waals surface area contributed by atoms with Gasteiger partial charge in [0.05, 0.1) is 5.69 Å². The van der Waals surface area contributed by atoms with Gasteiger partial charge in [0.15, 0.2) is 0 Å². The number of rotatable bonds is 3. The first kappa shape index (κ1) is 11.1. The van der Waals surface area contributed by atoms with E-state index in [-0.39, 0.29) is 0 Å². The number of hydrogen-bond donors (Lipinski definition) is 2. The Morgan fingerprint density at radius 1 is 1.75 bits per heavy atom. The predicted molar refractivity (Wildman–Crippen MR) is 57.7 cm³/mol. The van der Waals surface area contributed by atoms with Crippen molar-refractivity contribution in [3.63, 3.8) is 0 Å². The van der Waals surface area contributed by atoms with Gasteiger partial charge in [0.1, 0.15) is 5.54 Å². The number of carboxylic acid groups (broad SMARTS) is 1. The standard InChI is InChI=1S/C10H16N4O2/c1-13-4-2-8(12-13)6-14-5-3-10(11,7-14)9(15)16/h2,4H,3,5-7,11H2,1H3,(H,15,16). The van der Waals surface area contributed by atoms with Gasteiger partial charge in [-0.15, -0.1) is 0 Å². The van der Waals surface area contributed by atoms with Gasteiger partial charge in [0.2, 0.25) is 0 Å². The van der Waals surface area contributed by atoms with Crippen molar-refractivity contribution >= 4 is 5.97 Å². The summed E-state index contributed by atoms with van der Waals surface area (Å²) in [6.45, 7) is 1.76. The van der Waals surface area contributed by atoms with Gasteiger partial charge in [0, 0.05) is 32.9 Å². The third-order valence-corrected chi connectivity index (χ3v) is 2.96. The number of hydrogen-bond acceptors (Lipinski definition) is 4. The molecule has 0 aliphatic carbocycles. The monoisotopic (exact) mass is 224 g/mol. The minimum Gasteiger partial charge on any atom is -0.480 e. The second-order valence-electron chi connectivity index (χ2n) is 4.40. The van der Waals surface area contributed by atoms with E-state index in [1.165, 1.54) is 0 Å². The Kier molecular flexibility index (Phi) is 2.69. The maximum absolute atomic E-state index is 11.0. The second kappa shape index (κ2) is 3.88. The molecule has 1 fully saturated rings. The summed E-state index contributed by atoms with van der Waals surface area (Å²) in [4.78, 5) is 13.0. The number of carbonyl (C=O) groups is 1. The smallest absolute Gasteiger partial charge is 0.325 e. The summed E-state index contributed by atoms with van der Waals surface area (Å²) in [5.41, 5.74) is 5.64. The first-order valence-electron chi connectivity index (χ1n) is 5.23. The van der Waals surface area contributed by atoms with E-state index in [0.717, 1.165) is 5.69 Å². The van der Waals surface area contributed by atoms with E-state index in [9.17, 15) is 4.79 Å². The molecule has 1 unspecified atom stereocenters. The molecule has 1 atom stereocenters. The maximum Gasteiger partial charge on any atom is 0.325 e. The molecule has 0 amide bonds. The van der Waals surface area contributed by atoms with Crippen LogP contribution in [0.4, 0.5) is 0 Å². The molecule has 16 heavy (non-hydrogen) atoms. The number of aryl methyl sites for hydroxylation is 1. The van der Waals surface area contributed by atoms with Gasteiger partial charge < -0.3 is 10.8 Å². The minimum absolute atomic E-state index is 0.388. The van der Waals surface area contributed by atoms with Crippen LogP contribution in [0.1, 0.15) is 12.1 Å². The molecule has 1 aromatic rings. The summed E-state index contributed by atoms with van der Waals surface area (Å²) < 4.78 is 1.73. The molecule has 1 aliphatic rings. The van der Waals surface area contributed by atoms with Crippen LogP contribution < -0.4 is 5.73 Å². The topological polar surface area (TPSA) is 84.4 Å². The molecular weight excluding hydrogens is 208 g/mol. The molecular formula is C10H16N4O2. The van der Waals surface area contributed by atoms with Crippen molar-refractivity contribution in [3.8, 4) is 0 Å². The highest BCUT2D eigenvalue weighted by molar-refractivity contribution is 5.79. The number of carboxylic acids is 1. The Morgan fingerprint density at radius 2 is 2.50 bits per heavy atom. The van der Waals surface area contributed by atoms with Gasteiger partial charge in [-0.1, -0.05) is 0 Å². The zero-order valence-electron chi connectivity index (χ0n) is 9.26. The lowest BCUT2D eigenvalue weighted by atomic mass is 10.0. The Labute approximate surface area is 93.6 Å². The van der Waals surface area contributed by atoms with E-state index in [1.54, 1.807) is 4.68 Å². The number of aromatic nitrogens is 2. The van der Waals surface area contributed by atoms with Crippen molar-refractivity contribution in [1.29, 1.82) is 0 Å². The van der Waals surface area contributed by atoms with Crippen molar-refractivity contribution < 1.29 is 9.90 Å². The van der Waals surface area contributed by atoms with Gasteiger partial charge in [-0.2, -0.15) is 5.10 Å². The van der Waals surface area contributed by atoms with Crippen LogP contribution in [-0.4, -0.2) is 44.4 Å². The summed E-state index contributed by atoms with van der Waals surface area (Å²) in [7, 11) is 1.86. The van der Waals surface area contributed by atoms with E-state index in [1.807, 2.05) is 24.2 Å². The van der Waals surface area contributed by atoms with E-state index >= 15 is 0 Å². The fourth-order valence-corrected chi connectivity index (χ4v) is 2.00. The first-order valence-corrected chi connectivity index (χ1v) is 5.23. The molecule has 0 aromatic carbocycles. The summed E-state index contributed by atoms with van der Waals surface area (Å²) in [5, 5.41) is 13.2. The largest absolute Gasteiger partial charge is 0.480 e. The van der Waals surface area contributed by atoms with Crippen molar-refractivity contribution in [1.82, 2.24) is 14.7 Å². The fourth-order valence-electron chi connectivity index (χ4n) is 2.00. The third kappa shape index (κ3) is 2.07. The number of likely N-dealkylation sites (tertiary alicyclic amines) is 1. The lowest BCUT2D eigenvalue weighted by Crippen LogP contribution is -2.50. The van der Waals surface area contributed by atoms with Gasteiger partial charge in [0.25, 0.3) is 0 Å². The van der Waals surface area contributed by atoms with Gasteiger partial charge in [-0.05, 0) is 12.5 Å². The quantitative estimate of drug-likeness (QED) is 0.716. The van der Waals surface area contributed by atoms with E-state index in [0.29, 0.717) is 26.1 Å². The highest BCUT2D eigenvalue weighted by Gasteiger charge is 2.41. The maximum atomic E-state index is 11.0. The molecule has 2 rings (SSSR count). The van der Waals surface area contributed by atoms with Crippen molar-refractivity contribution in [2.24, 2.45) is 12.8 Å². The Morgan fingerprint density at radius 3 is 3.00 bits per heavy atom. The number of nitrogens with zero attached hydrogens (tertiary/aromatic N) is 3. The molecule has 0 saturated carbocycles. The van der Waals surface area contributed by atoms with Gasteiger partial charge in [-0.25, -0.2) is 0 Å². The highest BCUT2D eigenvalue weighted by atomic mass is 16.4. The molecule has 0 bridgehead atoms. The van der Waals surface area contributed by atoms with Crippen LogP contribution in [0.3, 0.4) is 0 Å². The SMILES string of the molecule is Cn1ccc(CN2CCC(N)(C(=O)O)C2)n1. The normalized spacial score (nSPS) is 26.1. The Bertz CT molecular complexity index is 403. The number of aliphatic carboxylic acids is 1. The molecule has 3 N–H and O–H groups in total. The highest BCUT2D eigenvalue weighted by Crippen LogP contribution is 2.20. The van der Waals surface area contributed by atoms with Crippen molar-refractivity contribution in [2.75, 3.05) is 13.1 Å². The average Bonchev–Trinajstić information content (AvgIpc) is 2.75. The van der Waals surface area contributed by atoms with Gasteiger partial charge in [-0.3, -0.25) is 14.4 Å². The van der Waals surface area contributed by atoms with Crippen LogP contribution in [0.25, 0.3) is 0 Å². The van der Waals surface area contributed by atoms with Crippen LogP contribution >= 0.6 is 0 Å². The molecule has 0 radical (unpaired) electrons. The summed E-state index contributed by atoms with van der Waals surface area (Å²) in [6, 6.07) is 1.93. The molecule has 6 nitrogen and oxygen atoms in total. The fraction of sp³-hybridized carbons (Fsp3) is 0.600. The van der Waals surface area contributed by atoms with E-state index in [2.05, 4.69) is 5.10 Å². The second-order valence-corrected chi connectivity index (χ2v) is 4.40. The van der Waals surface area contributed by atoms with Crippen LogP contribution in [-0.2, 0) is 18.4 Å². The molecule has 2 heterocycles. The summed E-state index contributed by atoms with van der Waals surface area (Å²) in [6.07, 6.45) is 2.37. The van der Waals surface area contributed by atoms with Crippen LogP contribution in [0.15, 0.2) is 12.3 Å². The average molecular weight is 224 g/mol. The molecule has 0 spiro atoms. The van der Waals surface area contributed by atoms with Crippen molar-refractivity contribution in [3.05, 3.63) is 18.0 Å². The Balaban J connectivity index is 1.97. The van der Waals surface area contributed by atoms with Crippen LogP contribution in [0.5, 0.6) is 0 Å². The van der Waals surface area contributed by atoms with Crippen LogP contribution in [0, 0.1) is 0 Å². The van der Waals surface area contributed by atoms with E-state index < -0.39 is 11.5 Å². The lowest BCUT2D eigenvalue weighted by Gasteiger charge is -2.19. The molecule has 88 valence electrons. The number of nitrogens with two attached hydrogens (primary N) is 1. The minimum atomic E-state index is -1.09. The van der Waals surface area contributed by atoms with Crippen LogP contribution in [0.2, 0.25) is 0 Å². The summed E-state index contributed by atoms with van der Waals surface area (Å²) >= 11 is 0. The molecule has 1 saturated heterocycles. The molecule has 1 aromatic heterocycles. The van der Waals surface area contributed by atoms with E-state index in [4.69, 9.17) is 10.8 Å². The molecule has 1 aliphatic heterocycles.